The van der Waals surface area contributed by atoms with E-state index in [9.17, 15) is 4.79 Å². The smallest absolute Gasteiger partial charge is 0.331 e. The lowest BCUT2D eigenvalue weighted by atomic mass is 10.2. The van der Waals surface area contributed by atoms with E-state index in [1.165, 1.54) is 9.65 Å². The van der Waals surface area contributed by atoms with E-state index in [1.807, 2.05) is 38.1 Å². The lowest BCUT2D eigenvalue weighted by molar-refractivity contribution is -0.142. The highest BCUT2D eigenvalue weighted by Crippen LogP contribution is 2.08. The Hall–Kier alpha value is -0.840. The van der Waals surface area contributed by atoms with Gasteiger partial charge in [0.05, 0.1) is 6.10 Å². The molecule has 0 saturated heterocycles. The minimum absolute atomic E-state index is 0.0196. The molecule has 1 rings (SSSR count). The standard InChI is InChI=1S/C13H15IO2/c1-3-10(2)16-13(15)9-6-11-4-7-12(14)8-5-11/h4-10H,3H2,1-2H3/b9-6+. The summed E-state index contributed by atoms with van der Waals surface area (Å²) in [6.07, 6.45) is 4.05. The van der Waals surface area contributed by atoms with E-state index in [2.05, 4.69) is 22.6 Å². The van der Waals surface area contributed by atoms with Crippen LogP contribution < -0.4 is 0 Å². The molecule has 0 bridgehead atoms. The van der Waals surface area contributed by atoms with E-state index in [4.69, 9.17) is 4.74 Å². The first-order valence-electron chi connectivity index (χ1n) is 5.26. The van der Waals surface area contributed by atoms with Crippen LogP contribution in [0.2, 0.25) is 0 Å². The third-order valence-corrected chi connectivity index (χ3v) is 2.89. The molecule has 1 aromatic carbocycles. The van der Waals surface area contributed by atoms with Gasteiger partial charge < -0.3 is 4.74 Å². The van der Waals surface area contributed by atoms with Crippen LogP contribution in [0.3, 0.4) is 0 Å². The molecule has 0 fully saturated rings. The fourth-order valence-corrected chi connectivity index (χ4v) is 1.42. The summed E-state index contributed by atoms with van der Waals surface area (Å²) in [5.41, 5.74) is 1.00. The van der Waals surface area contributed by atoms with E-state index < -0.39 is 0 Å². The number of halogens is 1. The van der Waals surface area contributed by atoms with Gasteiger partial charge in [0.1, 0.15) is 0 Å². The maximum absolute atomic E-state index is 11.3. The molecule has 16 heavy (non-hydrogen) atoms. The molecule has 0 saturated carbocycles. The van der Waals surface area contributed by atoms with Crippen molar-refractivity contribution in [1.82, 2.24) is 0 Å². The highest BCUT2D eigenvalue weighted by atomic mass is 127. The van der Waals surface area contributed by atoms with Gasteiger partial charge in [-0.15, -0.1) is 0 Å². The Bertz CT molecular complexity index is 368. The molecule has 0 spiro atoms. The van der Waals surface area contributed by atoms with Gasteiger partial charge in [-0.1, -0.05) is 19.1 Å². The van der Waals surface area contributed by atoms with Crippen molar-refractivity contribution in [1.29, 1.82) is 0 Å². The monoisotopic (exact) mass is 330 g/mol. The molecule has 0 heterocycles. The van der Waals surface area contributed by atoms with Crippen molar-refractivity contribution in [2.45, 2.75) is 26.4 Å². The summed E-state index contributed by atoms with van der Waals surface area (Å²) >= 11 is 2.24. The van der Waals surface area contributed by atoms with Gasteiger partial charge in [-0.05, 0) is 59.7 Å². The van der Waals surface area contributed by atoms with Crippen LogP contribution in [0.1, 0.15) is 25.8 Å². The predicted molar refractivity (Wildman–Crippen MR) is 74.0 cm³/mol. The Morgan fingerprint density at radius 1 is 1.44 bits per heavy atom. The molecule has 3 heteroatoms. The Labute approximate surface area is 110 Å². The summed E-state index contributed by atoms with van der Waals surface area (Å²) in [6, 6.07) is 7.93. The van der Waals surface area contributed by atoms with E-state index in [-0.39, 0.29) is 12.1 Å². The molecule has 0 radical (unpaired) electrons. The minimum Gasteiger partial charge on any atom is -0.460 e. The van der Waals surface area contributed by atoms with Crippen LogP contribution in [-0.4, -0.2) is 12.1 Å². The largest absolute Gasteiger partial charge is 0.460 e. The third kappa shape index (κ3) is 4.79. The van der Waals surface area contributed by atoms with Crippen molar-refractivity contribution in [3.63, 3.8) is 0 Å². The summed E-state index contributed by atoms with van der Waals surface area (Å²) in [7, 11) is 0. The van der Waals surface area contributed by atoms with Crippen molar-refractivity contribution in [3.8, 4) is 0 Å². The quantitative estimate of drug-likeness (QED) is 0.479. The average molecular weight is 330 g/mol. The van der Waals surface area contributed by atoms with Gasteiger partial charge in [0.15, 0.2) is 0 Å². The van der Waals surface area contributed by atoms with Gasteiger partial charge in [0.2, 0.25) is 0 Å². The maximum Gasteiger partial charge on any atom is 0.331 e. The molecule has 0 N–H and O–H groups in total. The summed E-state index contributed by atoms with van der Waals surface area (Å²) < 4.78 is 6.30. The Morgan fingerprint density at radius 2 is 2.06 bits per heavy atom. The Kier molecular flexibility index (Phi) is 5.52. The van der Waals surface area contributed by atoms with Crippen LogP contribution in [0.4, 0.5) is 0 Å². The molecular weight excluding hydrogens is 315 g/mol. The van der Waals surface area contributed by atoms with Gasteiger partial charge in [-0.25, -0.2) is 4.79 Å². The van der Waals surface area contributed by atoms with Crippen molar-refractivity contribution < 1.29 is 9.53 Å². The van der Waals surface area contributed by atoms with Gasteiger partial charge in [0, 0.05) is 9.65 Å². The van der Waals surface area contributed by atoms with Gasteiger partial charge >= 0.3 is 5.97 Å². The first-order chi connectivity index (χ1) is 7.61. The molecule has 1 unspecified atom stereocenters. The zero-order chi connectivity index (χ0) is 12.0. The van der Waals surface area contributed by atoms with Crippen LogP contribution in [0, 0.1) is 3.57 Å². The summed E-state index contributed by atoms with van der Waals surface area (Å²) in [5.74, 6) is -0.284. The number of hydrogen-bond donors (Lipinski definition) is 0. The van der Waals surface area contributed by atoms with E-state index in [1.54, 1.807) is 6.08 Å². The van der Waals surface area contributed by atoms with Crippen molar-refractivity contribution in [2.75, 3.05) is 0 Å². The van der Waals surface area contributed by atoms with Crippen molar-refractivity contribution in [3.05, 3.63) is 39.5 Å². The highest BCUT2D eigenvalue weighted by molar-refractivity contribution is 14.1. The number of ether oxygens (including phenoxy) is 1. The first-order valence-corrected chi connectivity index (χ1v) is 6.34. The zero-order valence-corrected chi connectivity index (χ0v) is 11.6. The molecule has 0 amide bonds. The number of carbonyl (C=O) groups excluding carboxylic acids is 1. The summed E-state index contributed by atoms with van der Waals surface area (Å²) in [6.45, 7) is 3.87. The van der Waals surface area contributed by atoms with E-state index in [0.717, 1.165) is 12.0 Å². The third-order valence-electron chi connectivity index (χ3n) is 2.17. The zero-order valence-electron chi connectivity index (χ0n) is 9.44. The average Bonchev–Trinajstić information content (AvgIpc) is 2.28. The molecule has 2 nitrogen and oxygen atoms in total. The molecule has 1 atom stereocenters. The van der Waals surface area contributed by atoms with Crippen LogP contribution in [-0.2, 0) is 9.53 Å². The fraction of sp³-hybridized carbons (Fsp3) is 0.308. The molecule has 86 valence electrons. The van der Waals surface area contributed by atoms with Crippen LogP contribution in [0.25, 0.3) is 6.08 Å². The molecular formula is C13H15IO2. The van der Waals surface area contributed by atoms with Crippen LogP contribution in [0.15, 0.2) is 30.3 Å². The second kappa shape index (κ2) is 6.68. The molecule has 0 aromatic heterocycles. The molecule has 0 aliphatic heterocycles. The number of hydrogen-bond acceptors (Lipinski definition) is 2. The lowest BCUT2D eigenvalue weighted by Crippen LogP contribution is -2.11. The topological polar surface area (TPSA) is 26.3 Å². The molecule has 1 aromatic rings. The summed E-state index contributed by atoms with van der Waals surface area (Å²) in [4.78, 5) is 11.3. The number of rotatable bonds is 4. The Morgan fingerprint density at radius 3 is 2.62 bits per heavy atom. The van der Waals surface area contributed by atoms with E-state index >= 15 is 0 Å². The highest BCUT2D eigenvalue weighted by Gasteiger charge is 2.02. The number of benzene rings is 1. The first kappa shape index (κ1) is 13.2. The second-order valence-electron chi connectivity index (χ2n) is 3.54. The normalized spacial score (nSPS) is 12.7. The lowest BCUT2D eigenvalue weighted by Gasteiger charge is -2.07. The number of esters is 1. The predicted octanol–water partition coefficient (Wildman–Crippen LogP) is 3.65. The maximum atomic E-state index is 11.3. The fourth-order valence-electron chi connectivity index (χ4n) is 1.06. The second-order valence-corrected chi connectivity index (χ2v) is 4.79. The molecule has 0 aliphatic carbocycles. The van der Waals surface area contributed by atoms with Gasteiger partial charge in [-0.2, -0.15) is 0 Å². The van der Waals surface area contributed by atoms with Crippen molar-refractivity contribution >= 4 is 34.6 Å². The summed E-state index contributed by atoms with van der Waals surface area (Å²) in [5, 5.41) is 0. The van der Waals surface area contributed by atoms with E-state index in [0.29, 0.717) is 0 Å². The van der Waals surface area contributed by atoms with Gasteiger partial charge in [0.25, 0.3) is 0 Å². The minimum atomic E-state index is -0.284. The van der Waals surface area contributed by atoms with Gasteiger partial charge in [-0.3, -0.25) is 0 Å². The SMILES string of the molecule is CCC(C)OC(=O)/C=C/c1ccc(I)cc1. The Balaban J connectivity index is 2.53. The number of carbonyl (C=O) groups is 1. The molecule has 0 aliphatic rings. The van der Waals surface area contributed by atoms with Crippen LogP contribution >= 0.6 is 22.6 Å². The van der Waals surface area contributed by atoms with Crippen molar-refractivity contribution in [2.24, 2.45) is 0 Å². The van der Waals surface area contributed by atoms with Crippen LogP contribution in [0.5, 0.6) is 0 Å².